The number of rotatable bonds is 3. The summed E-state index contributed by atoms with van der Waals surface area (Å²) in [5, 5.41) is 9.65. The zero-order chi connectivity index (χ0) is 14.8. The van der Waals surface area contributed by atoms with E-state index in [0.29, 0.717) is 0 Å². The standard InChI is InChI=1S/C17H27NO2/c1-13-9-8-10-17(3,15(13)16(19)20)14(2)18-11-6-4-5-7-12-18/h8-10,14-15H,4-7,11-12H2,1-3H3,(H,19,20). The van der Waals surface area contributed by atoms with Crippen molar-refractivity contribution in [3.63, 3.8) is 0 Å². The molecule has 1 saturated heterocycles. The molecule has 1 fully saturated rings. The fourth-order valence-corrected chi connectivity index (χ4v) is 3.81. The first-order valence-corrected chi connectivity index (χ1v) is 7.79. The van der Waals surface area contributed by atoms with Gasteiger partial charge in [0.1, 0.15) is 0 Å². The van der Waals surface area contributed by atoms with Gasteiger partial charge in [-0.3, -0.25) is 9.69 Å². The third-order valence-corrected chi connectivity index (χ3v) is 5.23. The molecule has 112 valence electrons. The van der Waals surface area contributed by atoms with Gasteiger partial charge in [0.2, 0.25) is 0 Å². The van der Waals surface area contributed by atoms with Crippen LogP contribution in [0.25, 0.3) is 0 Å². The van der Waals surface area contributed by atoms with Crippen molar-refractivity contribution in [3.8, 4) is 0 Å². The number of aliphatic carboxylic acids is 1. The van der Waals surface area contributed by atoms with Crippen LogP contribution in [0.5, 0.6) is 0 Å². The molecule has 1 aliphatic heterocycles. The third kappa shape index (κ3) is 2.83. The van der Waals surface area contributed by atoms with Gasteiger partial charge in [-0.2, -0.15) is 0 Å². The summed E-state index contributed by atoms with van der Waals surface area (Å²) in [6.45, 7) is 8.44. The third-order valence-electron chi connectivity index (χ3n) is 5.23. The number of hydrogen-bond donors (Lipinski definition) is 1. The van der Waals surface area contributed by atoms with E-state index in [1.807, 2.05) is 19.1 Å². The van der Waals surface area contributed by atoms with Crippen molar-refractivity contribution < 1.29 is 9.90 Å². The topological polar surface area (TPSA) is 40.5 Å². The van der Waals surface area contributed by atoms with Crippen molar-refractivity contribution in [2.45, 2.75) is 52.5 Å². The van der Waals surface area contributed by atoms with E-state index in [4.69, 9.17) is 0 Å². The molecule has 1 aliphatic carbocycles. The van der Waals surface area contributed by atoms with Crippen LogP contribution >= 0.6 is 0 Å². The van der Waals surface area contributed by atoms with Gasteiger partial charge in [0.25, 0.3) is 0 Å². The smallest absolute Gasteiger partial charge is 0.311 e. The first kappa shape index (κ1) is 15.3. The molecule has 0 aromatic rings. The maximum Gasteiger partial charge on any atom is 0.311 e. The van der Waals surface area contributed by atoms with Crippen molar-refractivity contribution in [3.05, 3.63) is 23.8 Å². The van der Waals surface area contributed by atoms with Crippen LogP contribution in [0.1, 0.15) is 46.5 Å². The highest BCUT2D eigenvalue weighted by Crippen LogP contribution is 2.42. The van der Waals surface area contributed by atoms with E-state index in [2.05, 4.69) is 24.8 Å². The van der Waals surface area contributed by atoms with Crippen molar-refractivity contribution in [1.82, 2.24) is 4.90 Å². The Kier molecular flexibility index (Phi) is 4.69. The second kappa shape index (κ2) is 6.13. The number of allylic oxidation sites excluding steroid dienone is 2. The first-order chi connectivity index (χ1) is 9.47. The summed E-state index contributed by atoms with van der Waals surface area (Å²) in [5.41, 5.74) is 0.638. The number of nitrogens with zero attached hydrogens (tertiary/aromatic N) is 1. The molecule has 0 aromatic carbocycles. The second-order valence-corrected chi connectivity index (χ2v) is 6.53. The van der Waals surface area contributed by atoms with E-state index >= 15 is 0 Å². The molecule has 2 rings (SSSR count). The van der Waals surface area contributed by atoms with Gasteiger partial charge >= 0.3 is 5.97 Å². The molecular formula is C17H27NO2. The normalized spacial score (nSPS) is 33.4. The molecule has 3 heteroatoms. The van der Waals surface area contributed by atoms with Crippen molar-refractivity contribution in [2.24, 2.45) is 11.3 Å². The Balaban J connectivity index is 2.25. The molecule has 0 spiro atoms. The number of carboxylic acid groups (broad SMARTS) is 1. The summed E-state index contributed by atoms with van der Waals surface area (Å²) in [6.07, 6.45) is 11.1. The Bertz CT molecular complexity index is 419. The van der Waals surface area contributed by atoms with E-state index < -0.39 is 11.9 Å². The molecule has 20 heavy (non-hydrogen) atoms. The summed E-state index contributed by atoms with van der Waals surface area (Å²) in [7, 11) is 0. The Morgan fingerprint density at radius 2 is 1.95 bits per heavy atom. The van der Waals surface area contributed by atoms with E-state index in [0.717, 1.165) is 18.7 Å². The second-order valence-electron chi connectivity index (χ2n) is 6.53. The summed E-state index contributed by atoms with van der Waals surface area (Å²) < 4.78 is 0. The highest BCUT2D eigenvalue weighted by atomic mass is 16.4. The molecule has 0 bridgehead atoms. The van der Waals surface area contributed by atoms with Gasteiger partial charge in [0.15, 0.2) is 0 Å². The van der Waals surface area contributed by atoms with Gasteiger partial charge < -0.3 is 5.11 Å². The van der Waals surface area contributed by atoms with Crippen LogP contribution < -0.4 is 0 Å². The summed E-state index contributed by atoms with van der Waals surface area (Å²) >= 11 is 0. The van der Waals surface area contributed by atoms with Gasteiger partial charge in [-0.05, 0) is 39.8 Å². The van der Waals surface area contributed by atoms with Gasteiger partial charge in [-0.25, -0.2) is 0 Å². The molecule has 0 aromatic heterocycles. The largest absolute Gasteiger partial charge is 0.481 e. The zero-order valence-electron chi connectivity index (χ0n) is 12.9. The van der Waals surface area contributed by atoms with Crippen LogP contribution in [0.4, 0.5) is 0 Å². The number of likely N-dealkylation sites (tertiary alicyclic amines) is 1. The van der Waals surface area contributed by atoms with Gasteiger partial charge in [-0.15, -0.1) is 0 Å². The lowest BCUT2D eigenvalue weighted by Gasteiger charge is -2.45. The molecule has 3 atom stereocenters. The average Bonchev–Trinajstić information content (AvgIpc) is 2.65. The molecule has 3 unspecified atom stereocenters. The minimum Gasteiger partial charge on any atom is -0.481 e. The van der Waals surface area contributed by atoms with Crippen LogP contribution in [0.3, 0.4) is 0 Å². The van der Waals surface area contributed by atoms with Crippen LogP contribution in [0.15, 0.2) is 23.8 Å². The van der Waals surface area contributed by atoms with Gasteiger partial charge in [0.05, 0.1) is 5.92 Å². The highest BCUT2D eigenvalue weighted by molar-refractivity contribution is 5.76. The number of carbonyl (C=O) groups is 1. The monoisotopic (exact) mass is 277 g/mol. The van der Waals surface area contributed by atoms with E-state index in [1.54, 1.807) is 0 Å². The first-order valence-electron chi connectivity index (χ1n) is 7.79. The maximum atomic E-state index is 11.7. The van der Waals surface area contributed by atoms with Crippen LogP contribution in [0, 0.1) is 11.3 Å². The molecule has 0 radical (unpaired) electrons. The van der Waals surface area contributed by atoms with E-state index in [9.17, 15) is 9.90 Å². The molecule has 2 aliphatic rings. The zero-order valence-corrected chi connectivity index (χ0v) is 12.9. The molecule has 0 saturated carbocycles. The minimum absolute atomic E-state index is 0.251. The Morgan fingerprint density at radius 3 is 2.50 bits per heavy atom. The fraction of sp³-hybridized carbons (Fsp3) is 0.706. The van der Waals surface area contributed by atoms with Gasteiger partial charge in [0, 0.05) is 11.5 Å². The Hall–Kier alpha value is -1.09. The summed E-state index contributed by atoms with van der Waals surface area (Å²) in [4.78, 5) is 14.2. The average molecular weight is 277 g/mol. The van der Waals surface area contributed by atoms with Crippen molar-refractivity contribution >= 4 is 5.97 Å². The molecule has 1 heterocycles. The predicted octanol–water partition coefficient (Wildman–Crippen LogP) is 3.47. The van der Waals surface area contributed by atoms with E-state index in [-0.39, 0.29) is 11.5 Å². The lowest BCUT2D eigenvalue weighted by Crippen LogP contribution is -2.50. The summed E-state index contributed by atoms with van der Waals surface area (Å²) in [5.74, 6) is -1.11. The molecule has 3 nitrogen and oxygen atoms in total. The van der Waals surface area contributed by atoms with Crippen LogP contribution in [-0.2, 0) is 4.79 Å². The number of hydrogen-bond acceptors (Lipinski definition) is 2. The highest BCUT2D eigenvalue weighted by Gasteiger charge is 2.45. The maximum absolute atomic E-state index is 11.7. The SMILES string of the molecule is CC1=CC=CC(C)(C(C)N2CCCCCC2)C1C(=O)O. The molecule has 1 N–H and O–H groups in total. The van der Waals surface area contributed by atoms with Crippen LogP contribution in [-0.4, -0.2) is 35.1 Å². The summed E-state index contributed by atoms with van der Waals surface area (Å²) in [6, 6.07) is 0.251. The number of carboxylic acids is 1. The lowest BCUT2D eigenvalue weighted by atomic mass is 9.66. The predicted molar refractivity (Wildman–Crippen MR) is 81.6 cm³/mol. The minimum atomic E-state index is -0.702. The van der Waals surface area contributed by atoms with Crippen molar-refractivity contribution in [1.29, 1.82) is 0 Å². The van der Waals surface area contributed by atoms with Crippen LogP contribution in [0.2, 0.25) is 0 Å². The van der Waals surface area contributed by atoms with Crippen molar-refractivity contribution in [2.75, 3.05) is 13.1 Å². The lowest BCUT2D eigenvalue weighted by molar-refractivity contribution is -0.144. The molecular weight excluding hydrogens is 250 g/mol. The Morgan fingerprint density at radius 1 is 1.35 bits per heavy atom. The van der Waals surface area contributed by atoms with E-state index in [1.165, 1.54) is 25.7 Å². The quantitative estimate of drug-likeness (QED) is 0.858. The van der Waals surface area contributed by atoms with Gasteiger partial charge in [-0.1, -0.05) is 43.6 Å². The molecule has 0 amide bonds. The Labute approximate surface area is 122 Å². The fourth-order valence-electron chi connectivity index (χ4n) is 3.81.